The first-order valence-corrected chi connectivity index (χ1v) is 9.32. The monoisotopic (exact) mass is 365 g/mol. The molecule has 0 fully saturated rings. The highest BCUT2D eigenvalue weighted by Crippen LogP contribution is 2.16. The highest BCUT2D eigenvalue weighted by Gasteiger charge is 2.17. The Morgan fingerprint density at radius 2 is 1.92 bits per heavy atom. The maximum absolute atomic E-state index is 12.1. The van der Waals surface area contributed by atoms with Gasteiger partial charge in [-0.25, -0.2) is 8.42 Å². The van der Waals surface area contributed by atoms with Crippen molar-refractivity contribution in [3.63, 3.8) is 0 Å². The van der Waals surface area contributed by atoms with Crippen LogP contribution >= 0.6 is 0 Å². The number of furan rings is 1. The molecule has 0 aliphatic heterocycles. The second kappa shape index (κ2) is 7.84. The highest BCUT2D eigenvalue weighted by molar-refractivity contribution is 7.92. The molecule has 0 aliphatic carbocycles. The van der Waals surface area contributed by atoms with Crippen LogP contribution in [0.3, 0.4) is 0 Å². The summed E-state index contributed by atoms with van der Waals surface area (Å²) in [6.45, 7) is 1.66. The van der Waals surface area contributed by atoms with Crippen molar-refractivity contribution in [2.24, 2.45) is 0 Å². The normalized spacial score (nSPS) is 12.2. The van der Waals surface area contributed by atoms with E-state index in [1.54, 1.807) is 31.2 Å². The van der Waals surface area contributed by atoms with Crippen LogP contribution < -0.4 is 15.4 Å². The van der Waals surface area contributed by atoms with Crippen LogP contribution in [-0.2, 0) is 21.4 Å². The van der Waals surface area contributed by atoms with Crippen molar-refractivity contribution >= 4 is 27.5 Å². The fourth-order valence-corrected chi connectivity index (χ4v) is 2.65. The fraction of sp³-hybridized carbons (Fsp3) is 0.250. The lowest BCUT2D eigenvalue weighted by atomic mass is 10.2. The van der Waals surface area contributed by atoms with Gasteiger partial charge in [0.25, 0.3) is 5.91 Å². The van der Waals surface area contributed by atoms with Gasteiger partial charge in [-0.2, -0.15) is 0 Å². The fourth-order valence-electron chi connectivity index (χ4n) is 2.05. The van der Waals surface area contributed by atoms with E-state index < -0.39 is 27.9 Å². The van der Waals surface area contributed by atoms with Crippen molar-refractivity contribution in [2.75, 3.05) is 11.0 Å². The van der Waals surface area contributed by atoms with Crippen LogP contribution in [0.15, 0.2) is 47.3 Å². The Labute approximate surface area is 145 Å². The molecule has 0 saturated heterocycles. The molecule has 2 aromatic rings. The SMILES string of the molecule is CC(NC(=O)c1ccoc1)C(=O)NCc1ccccc1NS(C)(=O)=O. The molecule has 9 heteroatoms. The summed E-state index contributed by atoms with van der Waals surface area (Å²) < 4.78 is 30.0. The number of rotatable bonds is 7. The third-order valence-corrected chi connectivity index (χ3v) is 3.88. The molecule has 0 radical (unpaired) electrons. The maximum Gasteiger partial charge on any atom is 0.255 e. The van der Waals surface area contributed by atoms with Gasteiger partial charge in [0.05, 0.1) is 23.8 Å². The van der Waals surface area contributed by atoms with Crippen molar-refractivity contribution in [1.29, 1.82) is 0 Å². The van der Waals surface area contributed by atoms with E-state index in [4.69, 9.17) is 4.42 Å². The standard InChI is InChI=1S/C16H19N3O5S/c1-11(18-16(21)13-7-8-24-10-13)15(20)17-9-12-5-3-4-6-14(12)19-25(2,22)23/h3-8,10-11,19H,9H2,1-2H3,(H,17,20)(H,18,21). The first-order chi connectivity index (χ1) is 11.8. The van der Waals surface area contributed by atoms with Crippen LogP contribution in [0.4, 0.5) is 5.69 Å². The van der Waals surface area contributed by atoms with E-state index in [1.165, 1.54) is 18.6 Å². The molecule has 0 bridgehead atoms. The predicted octanol–water partition coefficient (Wildman–Crippen LogP) is 1.09. The first-order valence-electron chi connectivity index (χ1n) is 7.43. The smallest absolute Gasteiger partial charge is 0.255 e. The average molecular weight is 365 g/mol. The van der Waals surface area contributed by atoms with Crippen molar-refractivity contribution < 1.29 is 22.4 Å². The van der Waals surface area contributed by atoms with Crippen LogP contribution in [0.25, 0.3) is 0 Å². The number of benzene rings is 1. The second-order valence-electron chi connectivity index (χ2n) is 5.46. The molecule has 1 aromatic heterocycles. The lowest BCUT2D eigenvalue weighted by molar-refractivity contribution is -0.122. The van der Waals surface area contributed by atoms with Gasteiger partial charge in [-0.3, -0.25) is 14.3 Å². The Hall–Kier alpha value is -2.81. The zero-order valence-corrected chi connectivity index (χ0v) is 14.6. The van der Waals surface area contributed by atoms with Crippen LogP contribution in [0, 0.1) is 0 Å². The molecule has 0 saturated carbocycles. The van der Waals surface area contributed by atoms with Gasteiger partial charge in [0.15, 0.2) is 0 Å². The Morgan fingerprint density at radius 3 is 2.56 bits per heavy atom. The summed E-state index contributed by atoms with van der Waals surface area (Å²) in [6, 6.07) is 7.45. The zero-order chi connectivity index (χ0) is 18.4. The van der Waals surface area contributed by atoms with Gasteiger partial charge in [-0.1, -0.05) is 18.2 Å². The summed E-state index contributed by atoms with van der Waals surface area (Å²) in [7, 11) is -3.42. The van der Waals surface area contributed by atoms with Crippen molar-refractivity contribution in [3.8, 4) is 0 Å². The van der Waals surface area contributed by atoms with Gasteiger partial charge in [-0.15, -0.1) is 0 Å². The van der Waals surface area contributed by atoms with Gasteiger partial charge < -0.3 is 15.1 Å². The Balaban J connectivity index is 1.94. The zero-order valence-electron chi connectivity index (χ0n) is 13.8. The van der Waals surface area contributed by atoms with Gasteiger partial charge in [0, 0.05) is 6.54 Å². The van der Waals surface area contributed by atoms with Crippen LogP contribution in [0.2, 0.25) is 0 Å². The van der Waals surface area contributed by atoms with Crippen LogP contribution in [0.1, 0.15) is 22.8 Å². The molecule has 1 atom stereocenters. The molecule has 8 nitrogen and oxygen atoms in total. The topological polar surface area (TPSA) is 118 Å². The number of para-hydroxylation sites is 1. The maximum atomic E-state index is 12.1. The number of sulfonamides is 1. The van der Waals surface area contributed by atoms with Crippen molar-refractivity contribution in [1.82, 2.24) is 10.6 Å². The molecule has 1 heterocycles. The summed E-state index contributed by atoms with van der Waals surface area (Å²) in [4.78, 5) is 24.0. The van der Waals surface area contributed by atoms with Crippen LogP contribution in [-0.4, -0.2) is 32.5 Å². The van der Waals surface area contributed by atoms with E-state index >= 15 is 0 Å². The van der Waals surface area contributed by atoms with Crippen molar-refractivity contribution in [2.45, 2.75) is 19.5 Å². The summed E-state index contributed by atoms with van der Waals surface area (Å²) in [5.74, 6) is -0.818. The average Bonchev–Trinajstić information content (AvgIpc) is 3.06. The van der Waals surface area contributed by atoms with E-state index in [-0.39, 0.29) is 6.54 Å². The van der Waals surface area contributed by atoms with Gasteiger partial charge in [0.2, 0.25) is 15.9 Å². The van der Waals surface area contributed by atoms with Gasteiger partial charge >= 0.3 is 0 Å². The highest BCUT2D eigenvalue weighted by atomic mass is 32.2. The third kappa shape index (κ3) is 5.64. The summed E-state index contributed by atoms with van der Waals surface area (Å²) in [5.41, 5.74) is 1.32. The Kier molecular flexibility index (Phi) is 5.81. The van der Waals surface area contributed by atoms with Crippen molar-refractivity contribution in [3.05, 3.63) is 54.0 Å². The molecular weight excluding hydrogens is 346 g/mol. The lowest BCUT2D eigenvalue weighted by Gasteiger charge is -2.15. The minimum atomic E-state index is -3.42. The lowest BCUT2D eigenvalue weighted by Crippen LogP contribution is -2.44. The third-order valence-electron chi connectivity index (χ3n) is 3.29. The first kappa shape index (κ1) is 18.5. The Bertz CT molecular complexity index is 846. The number of nitrogens with one attached hydrogen (secondary N) is 3. The number of anilines is 1. The summed E-state index contributed by atoms with van der Waals surface area (Å²) >= 11 is 0. The molecule has 0 aliphatic rings. The molecule has 1 unspecified atom stereocenters. The minimum Gasteiger partial charge on any atom is -0.472 e. The molecule has 1 aromatic carbocycles. The molecule has 0 spiro atoms. The van der Waals surface area contributed by atoms with E-state index in [2.05, 4.69) is 15.4 Å². The molecule has 3 N–H and O–H groups in total. The van der Waals surface area contributed by atoms with E-state index in [9.17, 15) is 18.0 Å². The predicted molar refractivity (Wildman–Crippen MR) is 92.4 cm³/mol. The molecule has 25 heavy (non-hydrogen) atoms. The quantitative estimate of drug-likeness (QED) is 0.679. The number of hydrogen-bond donors (Lipinski definition) is 3. The molecule has 134 valence electrons. The molecular formula is C16H19N3O5S. The molecule has 2 rings (SSSR count). The number of carbonyl (C=O) groups is 2. The summed E-state index contributed by atoms with van der Waals surface area (Å²) in [5, 5.41) is 5.21. The second-order valence-corrected chi connectivity index (χ2v) is 7.20. The number of hydrogen-bond acceptors (Lipinski definition) is 5. The summed E-state index contributed by atoms with van der Waals surface area (Å²) in [6.07, 6.45) is 3.70. The Morgan fingerprint density at radius 1 is 1.20 bits per heavy atom. The largest absolute Gasteiger partial charge is 0.472 e. The number of amides is 2. The minimum absolute atomic E-state index is 0.115. The van der Waals surface area contributed by atoms with Gasteiger partial charge in [-0.05, 0) is 24.6 Å². The number of carbonyl (C=O) groups excluding carboxylic acids is 2. The van der Waals surface area contributed by atoms with Gasteiger partial charge in [0.1, 0.15) is 12.3 Å². The van der Waals surface area contributed by atoms with Crippen LogP contribution in [0.5, 0.6) is 0 Å². The molecule has 2 amide bonds. The van der Waals surface area contributed by atoms with E-state index in [1.807, 2.05) is 0 Å². The van der Waals surface area contributed by atoms with E-state index in [0.29, 0.717) is 16.8 Å². The van der Waals surface area contributed by atoms with E-state index in [0.717, 1.165) is 6.26 Å².